The van der Waals surface area contributed by atoms with Crippen molar-refractivity contribution in [2.45, 2.75) is 13.0 Å². The van der Waals surface area contributed by atoms with Crippen molar-refractivity contribution in [2.24, 2.45) is 0 Å². The van der Waals surface area contributed by atoms with Crippen LogP contribution >= 0.6 is 0 Å². The van der Waals surface area contributed by atoms with E-state index in [4.69, 9.17) is 0 Å². The van der Waals surface area contributed by atoms with Crippen LogP contribution in [0, 0.1) is 0 Å². The third kappa shape index (κ3) is 3.45. The Bertz CT molecular complexity index is 880. The molecule has 1 amide bonds. The highest BCUT2D eigenvalue weighted by molar-refractivity contribution is 5.98. The van der Waals surface area contributed by atoms with Crippen molar-refractivity contribution in [3.05, 3.63) is 90.1 Å². The van der Waals surface area contributed by atoms with E-state index in [0.717, 1.165) is 30.2 Å². The van der Waals surface area contributed by atoms with Crippen LogP contribution in [0.5, 0.6) is 0 Å². The van der Waals surface area contributed by atoms with E-state index < -0.39 is 0 Å². The van der Waals surface area contributed by atoms with Gasteiger partial charge in [-0.1, -0.05) is 60.7 Å². The molecule has 0 unspecified atom stereocenters. The average molecular weight is 343 g/mol. The van der Waals surface area contributed by atoms with Crippen LogP contribution in [0.15, 0.2) is 79.0 Å². The zero-order chi connectivity index (χ0) is 17.8. The van der Waals surface area contributed by atoms with Crippen molar-refractivity contribution in [3.63, 3.8) is 0 Å². The van der Waals surface area contributed by atoms with Crippen molar-refractivity contribution >= 4 is 17.4 Å². The van der Waals surface area contributed by atoms with Gasteiger partial charge in [0.2, 0.25) is 5.91 Å². The normalized spacial score (nSPS) is 13.4. The van der Waals surface area contributed by atoms with E-state index in [1.807, 2.05) is 65.6 Å². The molecule has 2 heterocycles. The van der Waals surface area contributed by atoms with Gasteiger partial charge in [0, 0.05) is 25.8 Å². The SMILES string of the molecule is O=C(Cc1ccccc1)N1CCN(Cc2ccccc2)c2ncccc21. The van der Waals surface area contributed by atoms with Crippen molar-refractivity contribution in [2.75, 3.05) is 22.9 Å². The van der Waals surface area contributed by atoms with Crippen LogP contribution in [0.2, 0.25) is 0 Å². The van der Waals surface area contributed by atoms with E-state index in [1.165, 1.54) is 5.56 Å². The maximum Gasteiger partial charge on any atom is 0.231 e. The molecule has 0 atom stereocenters. The lowest BCUT2D eigenvalue weighted by Crippen LogP contribution is -2.44. The second-order valence-corrected chi connectivity index (χ2v) is 6.46. The zero-order valence-corrected chi connectivity index (χ0v) is 14.6. The maximum atomic E-state index is 12.9. The Hall–Kier alpha value is -3.14. The number of aromatic nitrogens is 1. The molecular weight excluding hydrogens is 322 g/mol. The first-order valence-electron chi connectivity index (χ1n) is 8.89. The number of fused-ring (bicyclic) bond motifs is 1. The largest absolute Gasteiger partial charge is 0.349 e. The fourth-order valence-electron chi connectivity index (χ4n) is 3.37. The summed E-state index contributed by atoms with van der Waals surface area (Å²) in [5.41, 5.74) is 3.18. The predicted molar refractivity (Wildman–Crippen MR) is 104 cm³/mol. The first-order valence-corrected chi connectivity index (χ1v) is 8.89. The summed E-state index contributed by atoms with van der Waals surface area (Å²) in [6, 6.07) is 24.1. The third-order valence-corrected chi connectivity index (χ3v) is 4.67. The molecule has 0 bridgehead atoms. The highest BCUT2D eigenvalue weighted by Gasteiger charge is 2.27. The van der Waals surface area contributed by atoms with Crippen LogP contribution in [0.25, 0.3) is 0 Å². The maximum absolute atomic E-state index is 12.9. The van der Waals surface area contributed by atoms with Gasteiger partial charge >= 0.3 is 0 Å². The summed E-state index contributed by atoms with van der Waals surface area (Å²) in [6.07, 6.45) is 2.20. The number of nitrogens with zero attached hydrogens (tertiary/aromatic N) is 3. The lowest BCUT2D eigenvalue weighted by atomic mass is 10.1. The van der Waals surface area contributed by atoms with Gasteiger partial charge in [-0.25, -0.2) is 4.98 Å². The summed E-state index contributed by atoms with van der Waals surface area (Å²) in [4.78, 5) is 21.6. The van der Waals surface area contributed by atoms with Crippen LogP contribution in [0.4, 0.5) is 11.5 Å². The van der Waals surface area contributed by atoms with Crippen molar-refractivity contribution in [3.8, 4) is 0 Å². The summed E-state index contributed by atoms with van der Waals surface area (Å²) in [7, 11) is 0. The molecule has 4 rings (SSSR count). The number of hydrogen-bond donors (Lipinski definition) is 0. The second kappa shape index (κ2) is 7.40. The monoisotopic (exact) mass is 343 g/mol. The van der Waals surface area contributed by atoms with E-state index >= 15 is 0 Å². The van der Waals surface area contributed by atoms with Gasteiger partial charge in [-0.2, -0.15) is 0 Å². The number of anilines is 2. The molecule has 130 valence electrons. The summed E-state index contributed by atoms with van der Waals surface area (Å²) < 4.78 is 0. The first-order chi connectivity index (χ1) is 12.8. The number of pyridine rings is 1. The van der Waals surface area contributed by atoms with E-state index in [2.05, 4.69) is 22.0 Å². The van der Waals surface area contributed by atoms with Gasteiger partial charge in [0.25, 0.3) is 0 Å². The predicted octanol–water partition coefficient (Wildman–Crippen LogP) is 3.68. The minimum atomic E-state index is 0.116. The summed E-state index contributed by atoms with van der Waals surface area (Å²) in [5.74, 6) is 0.994. The lowest BCUT2D eigenvalue weighted by Gasteiger charge is -2.36. The Morgan fingerprint density at radius 2 is 1.54 bits per heavy atom. The number of benzene rings is 2. The Kier molecular flexibility index (Phi) is 4.65. The number of carbonyl (C=O) groups excluding carboxylic acids is 1. The fraction of sp³-hybridized carbons (Fsp3) is 0.182. The lowest BCUT2D eigenvalue weighted by molar-refractivity contribution is -0.118. The van der Waals surface area contributed by atoms with Crippen LogP contribution in [0.1, 0.15) is 11.1 Å². The van der Waals surface area contributed by atoms with E-state index in [-0.39, 0.29) is 5.91 Å². The van der Waals surface area contributed by atoms with E-state index in [1.54, 1.807) is 6.20 Å². The minimum Gasteiger partial charge on any atom is -0.349 e. The molecule has 0 saturated carbocycles. The summed E-state index contributed by atoms with van der Waals surface area (Å²) >= 11 is 0. The molecule has 1 aromatic heterocycles. The van der Waals surface area contributed by atoms with Crippen LogP contribution in [-0.2, 0) is 17.8 Å². The Morgan fingerprint density at radius 3 is 2.27 bits per heavy atom. The Morgan fingerprint density at radius 1 is 0.846 bits per heavy atom. The van der Waals surface area contributed by atoms with Gasteiger partial charge < -0.3 is 9.80 Å². The minimum absolute atomic E-state index is 0.116. The molecule has 3 aromatic rings. The average Bonchev–Trinajstić information content (AvgIpc) is 2.70. The van der Waals surface area contributed by atoms with Gasteiger partial charge in [-0.15, -0.1) is 0 Å². The molecule has 0 aliphatic carbocycles. The molecular formula is C22H21N3O. The molecule has 1 aliphatic heterocycles. The van der Waals surface area contributed by atoms with Gasteiger partial charge in [0.05, 0.1) is 12.1 Å². The summed E-state index contributed by atoms with van der Waals surface area (Å²) in [5, 5.41) is 0. The van der Waals surface area contributed by atoms with Crippen LogP contribution in [-0.4, -0.2) is 24.0 Å². The van der Waals surface area contributed by atoms with E-state index in [0.29, 0.717) is 13.0 Å². The Balaban J connectivity index is 1.56. The molecule has 0 radical (unpaired) electrons. The Labute approximate surface area is 153 Å². The topological polar surface area (TPSA) is 36.4 Å². The summed E-state index contributed by atoms with van der Waals surface area (Å²) in [6.45, 7) is 2.25. The fourth-order valence-corrected chi connectivity index (χ4v) is 3.37. The zero-order valence-electron chi connectivity index (χ0n) is 14.6. The molecule has 4 nitrogen and oxygen atoms in total. The highest BCUT2D eigenvalue weighted by Crippen LogP contribution is 2.32. The second-order valence-electron chi connectivity index (χ2n) is 6.46. The van der Waals surface area contributed by atoms with E-state index in [9.17, 15) is 4.79 Å². The molecule has 0 saturated heterocycles. The van der Waals surface area contributed by atoms with Crippen LogP contribution in [0.3, 0.4) is 0 Å². The van der Waals surface area contributed by atoms with Gasteiger partial charge in [-0.05, 0) is 23.3 Å². The number of amides is 1. The molecule has 4 heteroatoms. The standard InChI is InChI=1S/C22H21N3O/c26-21(16-18-8-3-1-4-9-18)25-15-14-24(17-19-10-5-2-6-11-19)22-20(25)12-7-13-23-22/h1-13H,14-17H2. The molecule has 0 spiro atoms. The number of hydrogen-bond acceptors (Lipinski definition) is 3. The first kappa shape index (κ1) is 16.3. The van der Waals surface area contributed by atoms with Crippen molar-refractivity contribution in [1.29, 1.82) is 0 Å². The quantitative estimate of drug-likeness (QED) is 0.725. The van der Waals surface area contributed by atoms with Crippen molar-refractivity contribution in [1.82, 2.24) is 4.98 Å². The van der Waals surface area contributed by atoms with Crippen LogP contribution < -0.4 is 9.80 Å². The van der Waals surface area contributed by atoms with Gasteiger partial charge in [-0.3, -0.25) is 4.79 Å². The molecule has 2 aromatic carbocycles. The third-order valence-electron chi connectivity index (χ3n) is 4.67. The molecule has 1 aliphatic rings. The molecule has 0 N–H and O–H groups in total. The number of carbonyl (C=O) groups is 1. The number of rotatable bonds is 4. The highest BCUT2D eigenvalue weighted by atomic mass is 16.2. The molecule has 0 fully saturated rings. The molecule has 26 heavy (non-hydrogen) atoms. The smallest absolute Gasteiger partial charge is 0.231 e. The van der Waals surface area contributed by atoms with Crippen molar-refractivity contribution < 1.29 is 4.79 Å². The van der Waals surface area contributed by atoms with Gasteiger partial charge in [0.15, 0.2) is 5.82 Å². The van der Waals surface area contributed by atoms with Gasteiger partial charge in [0.1, 0.15) is 0 Å².